The van der Waals surface area contributed by atoms with Crippen LogP contribution in [-0.2, 0) is 58.1 Å². The Morgan fingerprint density at radius 3 is 1.43 bits per heavy atom. The second-order valence-corrected chi connectivity index (χ2v) is 27.0. The lowest BCUT2D eigenvalue weighted by Gasteiger charge is -2.44. The van der Waals surface area contributed by atoms with Crippen molar-refractivity contribution in [3.05, 3.63) is 160 Å². The summed E-state index contributed by atoms with van der Waals surface area (Å²) < 4.78 is 32.9. The highest BCUT2D eigenvalue weighted by molar-refractivity contribution is 9.10. The van der Waals surface area contributed by atoms with Crippen molar-refractivity contribution < 1.29 is 28.4 Å². The molecule has 0 bridgehead atoms. The van der Waals surface area contributed by atoms with E-state index in [0.717, 1.165) is 56.2 Å². The van der Waals surface area contributed by atoms with Gasteiger partial charge >= 0.3 is 14.4 Å². The Hall–Kier alpha value is -5.75. The molecule has 17 heteroatoms. The number of aliphatic hydroxyl groups is 1. The van der Waals surface area contributed by atoms with Crippen molar-refractivity contribution >= 4 is 35.8 Å². The average Bonchev–Trinajstić information content (AvgIpc) is 3.84. The number of aromatic nitrogens is 6. The monoisotopic (exact) mass is 1160 g/mol. The molecule has 0 radical (unpaired) electrons. The molecule has 2 aliphatic heterocycles. The highest BCUT2D eigenvalue weighted by Gasteiger charge is 2.59. The van der Waals surface area contributed by atoms with E-state index in [-0.39, 0.29) is 0 Å². The smallest absolute Gasteiger partial charge is 0.399 e. The van der Waals surface area contributed by atoms with Crippen LogP contribution in [0.3, 0.4) is 0 Å². The number of benzene rings is 2. The number of hydrogen-bond acceptors (Lipinski definition) is 14. The Bertz CT molecular complexity index is 3180. The van der Waals surface area contributed by atoms with Gasteiger partial charge in [0, 0.05) is 69.2 Å². The molecule has 2 atom stereocenters. The summed E-state index contributed by atoms with van der Waals surface area (Å²) in [5.74, 6) is 0. The maximum absolute atomic E-state index is 11.7. The summed E-state index contributed by atoms with van der Waals surface area (Å²) in [6.45, 7) is 40.3. The summed E-state index contributed by atoms with van der Waals surface area (Å²) in [7, 11) is -1.43. The van der Waals surface area contributed by atoms with Crippen LogP contribution >= 0.6 is 15.9 Å². The van der Waals surface area contributed by atoms with Gasteiger partial charge in [0.05, 0.1) is 56.8 Å². The fourth-order valence-electron chi connectivity index (χ4n) is 9.60. The van der Waals surface area contributed by atoms with Crippen molar-refractivity contribution in [2.75, 3.05) is 0 Å². The molecule has 6 aromatic rings. The molecule has 0 saturated carbocycles. The largest absolute Gasteiger partial charge is 0.641 e. The first-order valence-electron chi connectivity index (χ1n) is 27.8. The molecule has 6 heterocycles. The summed E-state index contributed by atoms with van der Waals surface area (Å²) in [6, 6.07) is 24.8. The van der Waals surface area contributed by atoms with Gasteiger partial charge in [-0.3, -0.25) is 9.97 Å². The molecule has 8 rings (SSSR count). The summed E-state index contributed by atoms with van der Waals surface area (Å²) in [5.41, 5.74) is 3.66. The van der Waals surface area contributed by atoms with E-state index >= 15 is 0 Å². The predicted molar refractivity (Wildman–Crippen MR) is 324 cm³/mol. The van der Waals surface area contributed by atoms with Crippen molar-refractivity contribution in [1.82, 2.24) is 29.9 Å². The third kappa shape index (κ3) is 13.2. The van der Waals surface area contributed by atoms with Crippen LogP contribution in [0, 0.1) is 33.5 Å². The lowest BCUT2D eigenvalue weighted by Crippen LogP contribution is -2.49. The molecular weight excluding hydrogens is 1080 g/mol. The highest BCUT2D eigenvalue weighted by Crippen LogP contribution is 2.50. The second-order valence-electron chi connectivity index (χ2n) is 26.2. The van der Waals surface area contributed by atoms with Crippen LogP contribution in [0.4, 0.5) is 0 Å². The normalized spacial score (nSPS) is 18.0. The van der Waals surface area contributed by atoms with Crippen molar-refractivity contribution in [2.24, 2.45) is 10.8 Å². The number of pyridine rings is 2. The van der Waals surface area contributed by atoms with Gasteiger partial charge in [0.15, 0.2) is 0 Å². The highest BCUT2D eigenvalue weighted by atomic mass is 79.9. The first kappa shape index (κ1) is 64.4. The zero-order chi connectivity index (χ0) is 60.4. The number of nitrogens with zero attached hydrogens (tertiary/aromatic N) is 8. The first-order chi connectivity index (χ1) is 37.5. The number of hydrogen-bond donors (Lipinski definition) is 1. The summed E-state index contributed by atoms with van der Waals surface area (Å²) in [6.07, 6.45) is 15.2. The second kappa shape index (κ2) is 23.8. The number of rotatable bonds is 12. The maximum Gasteiger partial charge on any atom is 0.641 e. The van der Waals surface area contributed by atoms with Crippen molar-refractivity contribution in [3.63, 3.8) is 0 Å². The molecule has 14 nitrogen and oxygen atoms in total. The van der Waals surface area contributed by atoms with Gasteiger partial charge in [-0.15, -0.1) is 0 Å². The molecule has 0 aliphatic carbocycles. The fourth-order valence-corrected chi connectivity index (χ4v) is 10.1. The van der Waals surface area contributed by atoms with Gasteiger partial charge in [-0.2, -0.15) is 10.5 Å². The molecule has 2 unspecified atom stereocenters. The van der Waals surface area contributed by atoms with Gasteiger partial charge in [0.1, 0.15) is 23.9 Å². The van der Waals surface area contributed by atoms with Crippen LogP contribution in [0.25, 0.3) is 11.1 Å². The quantitative estimate of drug-likeness (QED) is 0.114. The molecule has 0 spiro atoms. The lowest BCUT2D eigenvalue weighted by molar-refractivity contribution is -0.0465. The van der Waals surface area contributed by atoms with Gasteiger partial charge in [0.25, 0.3) is 0 Å². The molecule has 2 aliphatic rings. The average molecular weight is 1160 g/mol. The third-order valence-electron chi connectivity index (χ3n) is 16.6. The minimum absolute atomic E-state index is 0.398. The van der Waals surface area contributed by atoms with Crippen molar-refractivity contribution in [1.29, 1.82) is 10.5 Å². The van der Waals surface area contributed by atoms with E-state index < -0.39 is 69.7 Å². The van der Waals surface area contributed by atoms with E-state index in [1.165, 1.54) is 18.2 Å². The lowest BCUT2D eigenvalue weighted by atomic mass is 9.69. The SMILES string of the molecule is CC(C)(C)C(OB1OC(C)(C)C(C)(C)O1)(c1cncnc1)c1ccc(B2OC(C)(C)C(C)(C)O2)cn1.CCc1cc(C(C)(C)C#N)ccc1-c1ccc(C(O)(c2cncnc2)C(C)(C)C)nc1.CCc1cc(C(C)(C)C#N)ccc1Br. The van der Waals surface area contributed by atoms with Crippen LogP contribution in [0.2, 0.25) is 0 Å². The van der Waals surface area contributed by atoms with Gasteiger partial charge in [-0.25, -0.2) is 19.9 Å². The topological polar surface area (TPSA) is 191 Å². The molecular formula is C64H83B2BrN8O6. The van der Waals surface area contributed by atoms with Gasteiger partial charge < -0.3 is 28.4 Å². The molecule has 81 heavy (non-hydrogen) atoms. The van der Waals surface area contributed by atoms with Crippen LogP contribution in [0.1, 0.15) is 183 Å². The Morgan fingerprint density at radius 1 is 0.543 bits per heavy atom. The molecule has 4 aromatic heterocycles. The Kier molecular flexibility index (Phi) is 19.0. The van der Waals surface area contributed by atoms with Gasteiger partial charge in [-0.1, -0.05) is 114 Å². The van der Waals surface area contributed by atoms with Crippen molar-refractivity contribution in [3.8, 4) is 23.3 Å². The molecule has 1 N–H and O–H groups in total. The molecule has 0 amide bonds. The van der Waals surface area contributed by atoms with E-state index in [4.69, 9.17) is 33.5 Å². The minimum Gasteiger partial charge on any atom is -0.399 e. The van der Waals surface area contributed by atoms with Gasteiger partial charge in [0.2, 0.25) is 0 Å². The van der Waals surface area contributed by atoms with E-state index in [2.05, 4.69) is 106 Å². The number of halogens is 1. The number of nitriles is 2. The predicted octanol–water partition coefficient (Wildman–Crippen LogP) is 13.1. The maximum atomic E-state index is 11.7. The van der Waals surface area contributed by atoms with Crippen molar-refractivity contribution in [2.45, 2.75) is 196 Å². The van der Waals surface area contributed by atoms with Crippen LogP contribution in [0.5, 0.6) is 0 Å². The zero-order valence-electron chi connectivity index (χ0n) is 51.4. The summed E-state index contributed by atoms with van der Waals surface area (Å²) in [5, 5.41) is 30.2. The molecule has 2 saturated heterocycles. The summed E-state index contributed by atoms with van der Waals surface area (Å²) >= 11 is 3.50. The Labute approximate surface area is 491 Å². The van der Waals surface area contributed by atoms with Gasteiger partial charge in [-0.05, 0) is 147 Å². The number of aryl methyl sites for hydroxylation is 2. The molecule has 2 fully saturated rings. The van der Waals surface area contributed by atoms with E-state index in [1.807, 2.05) is 146 Å². The first-order valence-corrected chi connectivity index (χ1v) is 28.6. The summed E-state index contributed by atoms with van der Waals surface area (Å²) in [4.78, 5) is 26.3. The Balaban J connectivity index is 0.000000213. The minimum atomic E-state index is -1.33. The van der Waals surface area contributed by atoms with Crippen LogP contribution < -0.4 is 5.46 Å². The molecule has 428 valence electrons. The Morgan fingerprint density at radius 2 is 1.00 bits per heavy atom. The zero-order valence-corrected chi connectivity index (χ0v) is 53.0. The van der Waals surface area contributed by atoms with E-state index in [9.17, 15) is 10.4 Å². The fraction of sp³-hybridized carbons (Fsp3) is 0.500. The van der Waals surface area contributed by atoms with E-state index in [1.54, 1.807) is 37.2 Å². The third-order valence-corrected chi connectivity index (χ3v) is 17.4. The van der Waals surface area contributed by atoms with Crippen LogP contribution in [-0.4, -0.2) is 71.9 Å². The van der Waals surface area contributed by atoms with Crippen LogP contribution in [0.15, 0.2) is 115 Å². The standard InChI is InChI=1S/C26H39B2N3O5.C26H30N4O.C12H14BrN/c1-21(2,3)26(18-14-29-17-30-15-18,36-28-34-24(8,9)25(10,11)35-28)20-13-12-19(16-31-20)27-32-22(4,5)23(6,7)33-27;1-7-18-12-20(25(5,6)16-27)9-10-22(18)19-8-11-23(30-13-19)26(31,24(2,3)4)21-14-28-17-29-15-21;1-4-9-7-10(5-6-11(9)13)12(2,3)8-14/h12-17H,1-11H3;8-15,17,31H,7H2,1-6H3;5-7H,4H2,1-3H3. The van der Waals surface area contributed by atoms with E-state index in [0.29, 0.717) is 17.0 Å². The molecule has 2 aromatic carbocycles.